The van der Waals surface area contributed by atoms with E-state index in [1.165, 1.54) is 0 Å². The minimum atomic E-state index is 0.0384. The maximum Gasteiger partial charge on any atom is 0.243 e. The van der Waals surface area contributed by atoms with Crippen LogP contribution < -0.4 is 16.2 Å². The Bertz CT molecular complexity index is 364. The fourth-order valence-electron chi connectivity index (χ4n) is 1.51. The summed E-state index contributed by atoms with van der Waals surface area (Å²) in [6.07, 6.45) is 0. The zero-order valence-electron chi connectivity index (χ0n) is 8.03. The Balaban J connectivity index is 2.21. The van der Waals surface area contributed by atoms with E-state index in [9.17, 15) is 4.79 Å². The highest BCUT2D eigenvalue weighted by Gasteiger charge is 2.26. The summed E-state index contributed by atoms with van der Waals surface area (Å²) in [5, 5.41) is 1.82. The van der Waals surface area contributed by atoms with Gasteiger partial charge in [-0.15, -0.1) is 0 Å². The number of anilines is 2. The number of nitrogens with two attached hydrogens (primary N) is 1. The SMILES string of the molecule is CC1CN(c2cccc(N)c2)NC1=O. The summed E-state index contributed by atoms with van der Waals surface area (Å²) in [5.74, 6) is 0.101. The number of rotatable bonds is 1. The number of benzene rings is 1. The number of hydrogen-bond donors (Lipinski definition) is 2. The summed E-state index contributed by atoms with van der Waals surface area (Å²) in [6, 6.07) is 7.47. The van der Waals surface area contributed by atoms with Crippen LogP contribution >= 0.6 is 0 Å². The molecule has 4 heteroatoms. The second-order valence-electron chi connectivity index (χ2n) is 3.58. The Morgan fingerprint density at radius 1 is 1.57 bits per heavy atom. The van der Waals surface area contributed by atoms with Gasteiger partial charge in [0.25, 0.3) is 0 Å². The van der Waals surface area contributed by atoms with Crippen LogP contribution in [-0.2, 0) is 4.79 Å². The molecule has 0 saturated carbocycles. The second kappa shape index (κ2) is 3.21. The van der Waals surface area contributed by atoms with Crippen molar-refractivity contribution in [2.75, 3.05) is 17.3 Å². The van der Waals surface area contributed by atoms with Gasteiger partial charge in [0.05, 0.1) is 18.2 Å². The molecule has 3 N–H and O–H groups in total. The quantitative estimate of drug-likeness (QED) is 0.644. The molecule has 1 saturated heterocycles. The van der Waals surface area contributed by atoms with Crippen LogP contribution in [0.2, 0.25) is 0 Å². The highest BCUT2D eigenvalue weighted by atomic mass is 16.2. The first kappa shape index (κ1) is 8.87. The molecule has 0 aliphatic carbocycles. The van der Waals surface area contributed by atoms with Crippen molar-refractivity contribution >= 4 is 17.3 Å². The van der Waals surface area contributed by atoms with Crippen LogP contribution in [0, 0.1) is 5.92 Å². The smallest absolute Gasteiger partial charge is 0.243 e. The van der Waals surface area contributed by atoms with E-state index in [-0.39, 0.29) is 11.8 Å². The molecule has 4 nitrogen and oxygen atoms in total. The third-order valence-corrected chi connectivity index (χ3v) is 2.33. The lowest BCUT2D eigenvalue weighted by Gasteiger charge is -2.17. The van der Waals surface area contributed by atoms with Crippen molar-refractivity contribution in [3.05, 3.63) is 24.3 Å². The molecule has 1 aromatic carbocycles. The molecule has 1 atom stereocenters. The molecule has 0 bridgehead atoms. The van der Waals surface area contributed by atoms with Gasteiger partial charge in [-0.05, 0) is 18.2 Å². The van der Waals surface area contributed by atoms with Gasteiger partial charge in [-0.1, -0.05) is 13.0 Å². The van der Waals surface area contributed by atoms with Crippen LogP contribution in [0.25, 0.3) is 0 Å². The van der Waals surface area contributed by atoms with Gasteiger partial charge in [0.1, 0.15) is 0 Å². The molecule has 1 fully saturated rings. The lowest BCUT2D eigenvalue weighted by Crippen LogP contribution is -2.32. The Kier molecular flexibility index (Phi) is 2.04. The number of hydrazine groups is 1. The number of nitrogens with zero attached hydrogens (tertiary/aromatic N) is 1. The van der Waals surface area contributed by atoms with Gasteiger partial charge in [-0.25, -0.2) is 0 Å². The zero-order chi connectivity index (χ0) is 10.1. The number of nitrogens with one attached hydrogen (secondary N) is 1. The molecule has 0 radical (unpaired) electrons. The molecule has 1 unspecified atom stereocenters. The lowest BCUT2D eigenvalue weighted by molar-refractivity contribution is -0.121. The van der Waals surface area contributed by atoms with E-state index in [0.29, 0.717) is 12.2 Å². The highest BCUT2D eigenvalue weighted by molar-refractivity contribution is 5.84. The van der Waals surface area contributed by atoms with Crippen LogP contribution in [0.5, 0.6) is 0 Å². The third kappa shape index (κ3) is 1.51. The summed E-state index contributed by atoms with van der Waals surface area (Å²) < 4.78 is 0. The van der Waals surface area contributed by atoms with Crippen molar-refractivity contribution in [3.63, 3.8) is 0 Å². The molecule has 0 spiro atoms. The van der Waals surface area contributed by atoms with Crippen molar-refractivity contribution in [3.8, 4) is 0 Å². The first-order valence-corrected chi connectivity index (χ1v) is 4.60. The number of carbonyl (C=O) groups is 1. The minimum absolute atomic E-state index is 0.0384. The van der Waals surface area contributed by atoms with Gasteiger partial charge in [0.2, 0.25) is 5.91 Å². The zero-order valence-corrected chi connectivity index (χ0v) is 8.03. The van der Waals surface area contributed by atoms with Crippen molar-refractivity contribution < 1.29 is 4.79 Å². The Morgan fingerprint density at radius 2 is 2.36 bits per heavy atom. The molecule has 1 amide bonds. The van der Waals surface area contributed by atoms with E-state index in [1.54, 1.807) is 0 Å². The molecular weight excluding hydrogens is 178 g/mol. The molecule has 1 aliphatic heterocycles. The first-order valence-electron chi connectivity index (χ1n) is 4.60. The van der Waals surface area contributed by atoms with Crippen molar-refractivity contribution in [2.24, 2.45) is 5.92 Å². The fourth-order valence-corrected chi connectivity index (χ4v) is 1.51. The predicted octanol–water partition coefficient (Wildman–Crippen LogP) is 0.756. The van der Waals surface area contributed by atoms with E-state index in [2.05, 4.69) is 5.43 Å². The van der Waals surface area contributed by atoms with E-state index >= 15 is 0 Å². The van der Waals surface area contributed by atoms with Crippen LogP contribution in [-0.4, -0.2) is 12.5 Å². The largest absolute Gasteiger partial charge is 0.399 e. The standard InChI is InChI=1S/C10H13N3O/c1-7-6-13(12-10(7)14)9-4-2-3-8(11)5-9/h2-5,7H,6,11H2,1H3,(H,12,14). The summed E-state index contributed by atoms with van der Waals surface area (Å²) in [6.45, 7) is 2.60. The minimum Gasteiger partial charge on any atom is -0.399 e. The van der Waals surface area contributed by atoms with Crippen molar-refractivity contribution in [2.45, 2.75) is 6.92 Å². The van der Waals surface area contributed by atoms with Crippen LogP contribution in [0.3, 0.4) is 0 Å². The predicted molar refractivity (Wildman–Crippen MR) is 55.5 cm³/mol. The Morgan fingerprint density at radius 3 is 2.93 bits per heavy atom. The average Bonchev–Trinajstić information content (AvgIpc) is 2.47. The fraction of sp³-hybridized carbons (Fsp3) is 0.300. The summed E-state index contributed by atoms with van der Waals surface area (Å²) >= 11 is 0. The van der Waals surface area contributed by atoms with Crippen LogP contribution in [0.1, 0.15) is 6.92 Å². The molecule has 2 rings (SSSR count). The maximum atomic E-state index is 11.3. The van der Waals surface area contributed by atoms with E-state index in [0.717, 1.165) is 5.69 Å². The van der Waals surface area contributed by atoms with Crippen molar-refractivity contribution in [1.29, 1.82) is 0 Å². The summed E-state index contributed by atoms with van der Waals surface area (Å²) in [4.78, 5) is 11.3. The summed E-state index contributed by atoms with van der Waals surface area (Å²) in [7, 11) is 0. The summed E-state index contributed by atoms with van der Waals surface area (Å²) in [5.41, 5.74) is 10.1. The van der Waals surface area contributed by atoms with Gasteiger partial charge in [0.15, 0.2) is 0 Å². The third-order valence-electron chi connectivity index (χ3n) is 2.33. The number of nitrogen functional groups attached to an aromatic ring is 1. The van der Waals surface area contributed by atoms with E-state index < -0.39 is 0 Å². The Hall–Kier alpha value is -1.71. The molecule has 74 valence electrons. The van der Waals surface area contributed by atoms with Gasteiger partial charge < -0.3 is 5.73 Å². The van der Waals surface area contributed by atoms with E-state index in [1.807, 2.05) is 36.2 Å². The average molecular weight is 191 g/mol. The van der Waals surface area contributed by atoms with Crippen LogP contribution in [0.15, 0.2) is 24.3 Å². The second-order valence-corrected chi connectivity index (χ2v) is 3.58. The topological polar surface area (TPSA) is 58.4 Å². The van der Waals surface area contributed by atoms with Gasteiger partial charge >= 0.3 is 0 Å². The van der Waals surface area contributed by atoms with Gasteiger partial charge in [-0.2, -0.15) is 0 Å². The molecule has 0 aromatic heterocycles. The molecule has 1 aliphatic rings. The normalized spacial score (nSPS) is 21.1. The highest BCUT2D eigenvalue weighted by Crippen LogP contribution is 2.20. The van der Waals surface area contributed by atoms with Gasteiger partial charge in [0, 0.05) is 5.69 Å². The molecule has 1 heterocycles. The monoisotopic (exact) mass is 191 g/mol. The number of hydrogen-bond acceptors (Lipinski definition) is 3. The van der Waals surface area contributed by atoms with Crippen LogP contribution in [0.4, 0.5) is 11.4 Å². The van der Waals surface area contributed by atoms with Gasteiger partial charge in [-0.3, -0.25) is 15.2 Å². The van der Waals surface area contributed by atoms with E-state index in [4.69, 9.17) is 5.73 Å². The Labute approximate surface area is 82.7 Å². The molecule has 1 aromatic rings. The van der Waals surface area contributed by atoms with Crippen molar-refractivity contribution in [1.82, 2.24) is 5.43 Å². The number of carbonyl (C=O) groups excluding carboxylic acids is 1. The lowest BCUT2D eigenvalue weighted by atomic mass is 10.2. The maximum absolute atomic E-state index is 11.3. The number of amides is 1. The molecule has 14 heavy (non-hydrogen) atoms. The first-order chi connectivity index (χ1) is 6.66. The molecular formula is C10H13N3O.